The third-order valence-electron chi connectivity index (χ3n) is 3.43. The molecule has 0 bridgehead atoms. The van der Waals surface area contributed by atoms with Crippen LogP contribution in [-0.2, 0) is 10.0 Å². The molecule has 0 amide bonds. The molecule has 0 N–H and O–H groups in total. The molecule has 0 aliphatic carbocycles. The van der Waals surface area contributed by atoms with E-state index in [0.29, 0.717) is 21.5 Å². The van der Waals surface area contributed by atoms with Gasteiger partial charge in [-0.3, -0.25) is 4.31 Å². The van der Waals surface area contributed by atoms with Gasteiger partial charge in [0.25, 0.3) is 10.0 Å². The molecular formula is C16H17Cl2NO3S. The number of anilines is 1. The van der Waals surface area contributed by atoms with E-state index < -0.39 is 10.0 Å². The minimum absolute atomic E-state index is 0.198. The van der Waals surface area contributed by atoms with Gasteiger partial charge >= 0.3 is 0 Å². The minimum Gasteiger partial charge on any atom is -0.496 e. The maximum absolute atomic E-state index is 12.9. The molecule has 0 aliphatic heterocycles. The van der Waals surface area contributed by atoms with Crippen LogP contribution in [0.25, 0.3) is 0 Å². The van der Waals surface area contributed by atoms with Crippen LogP contribution in [0.15, 0.2) is 41.3 Å². The monoisotopic (exact) mass is 373 g/mol. The highest BCUT2D eigenvalue weighted by atomic mass is 35.5. The molecule has 23 heavy (non-hydrogen) atoms. The van der Waals surface area contributed by atoms with E-state index >= 15 is 0 Å². The van der Waals surface area contributed by atoms with Crippen molar-refractivity contribution in [3.8, 4) is 5.75 Å². The van der Waals surface area contributed by atoms with Crippen LogP contribution in [0.3, 0.4) is 0 Å². The number of nitrogens with zero attached hydrogens (tertiary/aromatic N) is 1. The zero-order valence-electron chi connectivity index (χ0n) is 13.0. The lowest BCUT2D eigenvalue weighted by Gasteiger charge is -2.23. The van der Waals surface area contributed by atoms with Crippen molar-refractivity contribution in [3.05, 3.63) is 52.0 Å². The Hall–Kier alpha value is -1.43. The van der Waals surface area contributed by atoms with Gasteiger partial charge in [-0.15, -0.1) is 0 Å². The van der Waals surface area contributed by atoms with Crippen LogP contribution in [-0.4, -0.2) is 22.1 Å². The Balaban J connectivity index is 2.50. The molecule has 2 aromatic rings. The van der Waals surface area contributed by atoms with Crippen molar-refractivity contribution < 1.29 is 13.2 Å². The van der Waals surface area contributed by atoms with Gasteiger partial charge in [-0.1, -0.05) is 23.2 Å². The standard InChI is InChI=1S/C16H17Cl2NO3S/c1-4-19(12-5-7-14(17)15(18)10-12)23(20,21)13-6-8-16(22-3)11(2)9-13/h5-10H,4H2,1-3H3. The van der Waals surface area contributed by atoms with Crippen LogP contribution in [0.2, 0.25) is 10.0 Å². The van der Waals surface area contributed by atoms with Gasteiger partial charge in [0.05, 0.1) is 27.7 Å². The van der Waals surface area contributed by atoms with Crippen molar-refractivity contribution in [2.75, 3.05) is 18.0 Å². The summed E-state index contributed by atoms with van der Waals surface area (Å²) in [4.78, 5) is 0.198. The van der Waals surface area contributed by atoms with E-state index in [9.17, 15) is 8.42 Å². The van der Waals surface area contributed by atoms with Gasteiger partial charge in [0.15, 0.2) is 0 Å². The summed E-state index contributed by atoms with van der Waals surface area (Å²) in [5.41, 5.74) is 1.22. The zero-order chi connectivity index (χ0) is 17.2. The summed E-state index contributed by atoms with van der Waals surface area (Å²) < 4.78 is 32.3. The number of ether oxygens (including phenoxy) is 1. The zero-order valence-corrected chi connectivity index (χ0v) is 15.3. The molecule has 0 aromatic heterocycles. The maximum atomic E-state index is 12.9. The Labute approximate surface area is 146 Å². The van der Waals surface area contributed by atoms with Crippen LogP contribution in [0.4, 0.5) is 5.69 Å². The van der Waals surface area contributed by atoms with Gasteiger partial charge in [0.2, 0.25) is 0 Å². The number of halogens is 2. The average molecular weight is 374 g/mol. The van der Waals surface area contributed by atoms with Crippen LogP contribution < -0.4 is 9.04 Å². The molecule has 0 radical (unpaired) electrons. The SMILES string of the molecule is CCN(c1ccc(Cl)c(Cl)c1)S(=O)(=O)c1ccc(OC)c(C)c1. The second kappa shape index (κ2) is 6.99. The fourth-order valence-electron chi connectivity index (χ4n) is 2.27. The van der Waals surface area contributed by atoms with Gasteiger partial charge in [0, 0.05) is 6.54 Å². The Bertz CT molecular complexity index is 822. The molecule has 2 aromatic carbocycles. The van der Waals surface area contributed by atoms with E-state index in [1.807, 2.05) is 0 Å². The highest BCUT2D eigenvalue weighted by Crippen LogP contribution is 2.31. The quantitative estimate of drug-likeness (QED) is 0.773. The largest absolute Gasteiger partial charge is 0.496 e. The second-order valence-electron chi connectivity index (χ2n) is 4.90. The topological polar surface area (TPSA) is 46.6 Å². The Morgan fingerprint density at radius 3 is 2.30 bits per heavy atom. The molecule has 4 nitrogen and oxygen atoms in total. The highest BCUT2D eigenvalue weighted by Gasteiger charge is 2.24. The van der Waals surface area contributed by atoms with Crippen molar-refractivity contribution in [1.82, 2.24) is 0 Å². The van der Waals surface area contributed by atoms with Crippen LogP contribution in [0.5, 0.6) is 5.75 Å². The molecule has 0 spiro atoms. The molecule has 0 saturated heterocycles. The summed E-state index contributed by atoms with van der Waals surface area (Å²) >= 11 is 11.9. The van der Waals surface area contributed by atoms with Crippen molar-refractivity contribution in [3.63, 3.8) is 0 Å². The number of methoxy groups -OCH3 is 1. The predicted octanol–water partition coefficient (Wildman–Crippen LogP) is 4.53. The molecule has 2 rings (SSSR count). The number of benzene rings is 2. The average Bonchev–Trinajstić information content (AvgIpc) is 2.51. The Kier molecular flexibility index (Phi) is 5.45. The first-order valence-corrected chi connectivity index (χ1v) is 9.13. The first-order chi connectivity index (χ1) is 10.8. The number of sulfonamides is 1. The fraction of sp³-hybridized carbons (Fsp3) is 0.250. The van der Waals surface area contributed by atoms with Crippen LogP contribution in [0.1, 0.15) is 12.5 Å². The molecule has 0 heterocycles. The Morgan fingerprint density at radius 2 is 1.78 bits per heavy atom. The normalized spacial score (nSPS) is 11.3. The number of hydrogen-bond donors (Lipinski definition) is 0. The molecule has 0 unspecified atom stereocenters. The van der Waals surface area contributed by atoms with E-state index in [1.54, 1.807) is 51.3 Å². The molecule has 0 saturated carbocycles. The fourth-order valence-corrected chi connectivity index (χ4v) is 4.11. The van der Waals surface area contributed by atoms with Crippen LogP contribution >= 0.6 is 23.2 Å². The van der Waals surface area contributed by atoms with E-state index in [2.05, 4.69) is 0 Å². The summed E-state index contributed by atoms with van der Waals surface area (Å²) in [6, 6.07) is 9.52. The molecule has 0 atom stereocenters. The first-order valence-electron chi connectivity index (χ1n) is 6.93. The first kappa shape index (κ1) is 17.9. The third-order valence-corrected chi connectivity index (χ3v) is 6.07. The summed E-state index contributed by atoms with van der Waals surface area (Å²) in [7, 11) is -2.16. The van der Waals surface area contributed by atoms with Gasteiger partial charge in [-0.2, -0.15) is 0 Å². The molecule has 0 aliphatic rings. The van der Waals surface area contributed by atoms with Crippen molar-refractivity contribution in [2.45, 2.75) is 18.7 Å². The summed E-state index contributed by atoms with van der Waals surface area (Å²) in [5.74, 6) is 0.640. The van der Waals surface area contributed by atoms with E-state index in [4.69, 9.17) is 27.9 Å². The number of rotatable bonds is 5. The Morgan fingerprint density at radius 1 is 1.09 bits per heavy atom. The van der Waals surface area contributed by atoms with E-state index in [-0.39, 0.29) is 11.4 Å². The lowest BCUT2D eigenvalue weighted by atomic mass is 10.2. The van der Waals surface area contributed by atoms with E-state index in [1.165, 1.54) is 10.4 Å². The highest BCUT2D eigenvalue weighted by molar-refractivity contribution is 7.92. The predicted molar refractivity (Wildman–Crippen MR) is 94.4 cm³/mol. The summed E-state index contributed by atoms with van der Waals surface area (Å²) in [6.07, 6.45) is 0. The summed E-state index contributed by atoms with van der Waals surface area (Å²) in [5, 5.41) is 0.688. The van der Waals surface area contributed by atoms with Gasteiger partial charge < -0.3 is 4.74 Å². The number of aryl methyl sites for hydroxylation is 1. The molecular weight excluding hydrogens is 357 g/mol. The molecule has 0 fully saturated rings. The minimum atomic E-state index is -3.71. The lowest BCUT2D eigenvalue weighted by molar-refractivity contribution is 0.411. The second-order valence-corrected chi connectivity index (χ2v) is 7.58. The molecule has 7 heteroatoms. The van der Waals surface area contributed by atoms with Crippen molar-refractivity contribution >= 4 is 38.9 Å². The van der Waals surface area contributed by atoms with Gasteiger partial charge in [-0.05, 0) is 55.8 Å². The van der Waals surface area contributed by atoms with Crippen molar-refractivity contribution in [1.29, 1.82) is 0 Å². The smallest absolute Gasteiger partial charge is 0.264 e. The number of hydrogen-bond acceptors (Lipinski definition) is 3. The lowest BCUT2D eigenvalue weighted by Crippen LogP contribution is -2.30. The molecule has 124 valence electrons. The van der Waals surface area contributed by atoms with Crippen LogP contribution in [0, 0.1) is 6.92 Å². The van der Waals surface area contributed by atoms with Gasteiger partial charge in [-0.25, -0.2) is 8.42 Å². The van der Waals surface area contributed by atoms with E-state index in [0.717, 1.165) is 5.56 Å². The van der Waals surface area contributed by atoms with Gasteiger partial charge in [0.1, 0.15) is 5.75 Å². The third kappa shape index (κ3) is 3.57. The maximum Gasteiger partial charge on any atom is 0.264 e. The van der Waals surface area contributed by atoms with Crippen molar-refractivity contribution in [2.24, 2.45) is 0 Å². The summed E-state index contributed by atoms with van der Waals surface area (Å²) in [6.45, 7) is 3.83.